The Labute approximate surface area is 109 Å². The van der Waals surface area contributed by atoms with Gasteiger partial charge in [-0.05, 0) is 16.3 Å². The van der Waals surface area contributed by atoms with Crippen molar-refractivity contribution in [3.63, 3.8) is 0 Å². The zero-order chi connectivity index (χ0) is 14.3. The number of rotatable bonds is 2. The Bertz CT molecular complexity index is 585. The number of guanidine groups is 1. The molecule has 7 nitrogen and oxygen atoms in total. The Morgan fingerprint density at radius 1 is 1.21 bits per heavy atom. The molecule has 0 atom stereocenters. The van der Waals surface area contributed by atoms with E-state index in [2.05, 4.69) is 23.2 Å². The van der Waals surface area contributed by atoms with Gasteiger partial charge in [0.2, 0.25) is 0 Å². The first-order chi connectivity index (χ1) is 9.00. The predicted octanol–water partition coefficient (Wildman–Crippen LogP) is 1.27. The fraction of sp³-hybridized carbons (Fsp3) is 0.0833. The minimum atomic E-state index is -1.50. The van der Waals surface area contributed by atoms with Gasteiger partial charge < -0.3 is 16.7 Å². The van der Waals surface area contributed by atoms with Crippen LogP contribution in [0.25, 0.3) is 10.8 Å². The van der Waals surface area contributed by atoms with Crippen molar-refractivity contribution in [2.75, 3.05) is 0 Å². The highest BCUT2D eigenvalue weighted by atomic mass is 16.9. The quantitative estimate of drug-likeness (QED) is 0.325. The maximum atomic E-state index is 8.36. The van der Waals surface area contributed by atoms with Crippen LogP contribution in [-0.4, -0.2) is 16.3 Å². The summed E-state index contributed by atoms with van der Waals surface area (Å²) in [4.78, 5) is 12.4. The van der Waals surface area contributed by atoms with Crippen molar-refractivity contribution in [1.82, 2.24) is 0 Å². The largest absolute Gasteiger partial charge is 0.370 e. The van der Waals surface area contributed by atoms with Crippen molar-refractivity contribution in [1.29, 1.82) is 0 Å². The monoisotopic (exact) mass is 262 g/mol. The molecule has 0 aliphatic rings. The third-order valence-electron chi connectivity index (χ3n) is 2.31. The molecule has 0 bridgehead atoms. The molecule has 19 heavy (non-hydrogen) atoms. The van der Waals surface area contributed by atoms with Crippen LogP contribution in [0.3, 0.4) is 0 Å². The van der Waals surface area contributed by atoms with E-state index in [1.165, 1.54) is 10.8 Å². The van der Waals surface area contributed by atoms with Crippen LogP contribution in [-0.2, 0) is 6.54 Å². The van der Waals surface area contributed by atoms with E-state index in [1.54, 1.807) is 0 Å². The first-order valence-corrected chi connectivity index (χ1v) is 5.36. The minimum Gasteiger partial charge on any atom is -0.370 e. The molecular weight excluding hydrogens is 248 g/mol. The number of hydrogen-bond donors (Lipinski definition) is 3. The summed E-state index contributed by atoms with van der Waals surface area (Å²) >= 11 is 0. The van der Waals surface area contributed by atoms with Crippen LogP contribution in [0.1, 0.15) is 5.56 Å². The molecule has 0 amide bonds. The summed E-state index contributed by atoms with van der Waals surface area (Å²) in [6.07, 6.45) is 0. The Morgan fingerprint density at radius 3 is 2.42 bits per heavy atom. The van der Waals surface area contributed by atoms with E-state index in [4.69, 9.17) is 26.8 Å². The van der Waals surface area contributed by atoms with Gasteiger partial charge in [-0.25, -0.2) is 4.99 Å². The van der Waals surface area contributed by atoms with E-state index in [0.29, 0.717) is 6.54 Å². The predicted molar refractivity (Wildman–Crippen MR) is 72.2 cm³/mol. The second kappa shape index (κ2) is 6.80. The summed E-state index contributed by atoms with van der Waals surface area (Å²) in [6.45, 7) is 0.531. The van der Waals surface area contributed by atoms with Crippen LogP contribution in [0.4, 0.5) is 0 Å². The van der Waals surface area contributed by atoms with E-state index in [1.807, 2.05) is 24.3 Å². The Balaban J connectivity index is 0.000000399. The molecule has 7 heteroatoms. The molecule has 0 heterocycles. The van der Waals surface area contributed by atoms with Crippen LogP contribution in [0.2, 0.25) is 0 Å². The van der Waals surface area contributed by atoms with Crippen LogP contribution < -0.4 is 11.5 Å². The molecule has 0 aliphatic heterocycles. The Kier molecular flexibility index (Phi) is 5.09. The molecule has 2 aromatic rings. The molecule has 0 aliphatic carbocycles. The molecule has 0 spiro atoms. The van der Waals surface area contributed by atoms with Gasteiger partial charge in [-0.3, -0.25) is 0 Å². The summed E-state index contributed by atoms with van der Waals surface area (Å²) in [6, 6.07) is 14.3. The molecular formula is C12H14N4O3. The van der Waals surface area contributed by atoms with Gasteiger partial charge in [-0.15, -0.1) is 10.1 Å². The second-order valence-corrected chi connectivity index (χ2v) is 3.62. The van der Waals surface area contributed by atoms with Gasteiger partial charge in [-0.2, -0.15) is 0 Å². The SMILES string of the molecule is NC(N)=NCc1cccc2ccccc12.O=[N+]([O-])O. The summed E-state index contributed by atoms with van der Waals surface area (Å²) in [5.41, 5.74) is 11.8. The van der Waals surface area contributed by atoms with Gasteiger partial charge in [0, 0.05) is 0 Å². The van der Waals surface area contributed by atoms with Crippen molar-refractivity contribution in [2.45, 2.75) is 6.54 Å². The van der Waals surface area contributed by atoms with E-state index in [0.717, 1.165) is 5.56 Å². The zero-order valence-corrected chi connectivity index (χ0v) is 10.1. The number of nitrogens with two attached hydrogens (primary N) is 2. The van der Waals surface area contributed by atoms with Crippen molar-refractivity contribution < 1.29 is 10.3 Å². The standard InChI is InChI=1S/C12H13N3.HNO3/c13-12(14)15-8-10-6-3-5-9-4-1-2-7-11(9)10;2-1(3)4/h1-7H,8H2,(H4,13,14,15);(H,2,3,4). The second-order valence-electron chi connectivity index (χ2n) is 3.62. The lowest BCUT2D eigenvalue weighted by Gasteiger charge is -2.03. The van der Waals surface area contributed by atoms with Gasteiger partial charge >= 0.3 is 0 Å². The van der Waals surface area contributed by atoms with Gasteiger partial charge in [0.25, 0.3) is 5.09 Å². The number of hydrogen-bond acceptors (Lipinski definition) is 3. The Morgan fingerprint density at radius 2 is 1.79 bits per heavy atom. The molecule has 0 saturated carbocycles. The van der Waals surface area contributed by atoms with Crippen LogP contribution in [0.5, 0.6) is 0 Å². The number of benzene rings is 2. The molecule has 0 saturated heterocycles. The van der Waals surface area contributed by atoms with Gasteiger partial charge in [0.1, 0.15) is 0 Å². The molecule has 5 N–H and O–H groups in total. The highest BCUT2D eigenvalue weighted by molar-refractivity contribution is 5.86. The van der Waals surface area contributed by atoms with Crippen LogP contribution in [0, 0.1) is 10.1 Å². The topological polar surface area (TPSA) is 128 Å². The fourth-order valence-electron chi connectivity index (χ4n) is 1.61. The number of fused-ring (bicyclic) bond motifs is 1. The smallest absolute Gasteiger partial charge is 0.291 e. The highest BCUT2D eigenvalue weighted by Gasteiger charge is 1.98. The summed E-state index contributed by atoms with van der Waals surface area (Å²) in [7, 11) is 0. The molecule has 0 radical (unpaired) electrons. The lowest BCUT2D eigenvalue weighted by atomic mass is 10.1. The van der Waals surface area contributed by atoms with Crippen molar-refractivity contribution >= 4 is 16.7 Å². The Hall–Kier alpha value is -2.83. The van der Waals surface area contributed by atoms with Gasteiger partial charge in [-0.1, -0.05) is 42.5 Å². The average Bonchev–Trinajstić information content (AvgIpc) is 2.35. The third-order valence-corrected chi connectivity index (χ3v) is 2.31. The van der Waals surface area contributed by atoms with E-state index in [9.17, 15) is 0 Å². The normalized spacial score (nSPS) is 9.26. The van der Waals surface area contributed by atoms with Crippen molar-refractivity contribution in [3.8, 4) is 0 Å². The van der Waals surface area contributed by atoms with E-state index < -0.39 is 5.09 Å². The summed E-state index contributed by atoms with van der Waals surface area (Å²) in [5.74, 6) is 0.128. The van der Waals surface area contributed by atoms with Crippen molar-refractivity contribution in [2.24, 2.45) is 16.5 Å². The molecule has 0 fully saturated rings. The van der Waals surface area contributed by atoms with Crippen LogP contribution in [0.15, 0.2) is 47.5 Å². The minimum absolute atomic E-state index is 0.128. The fourth-order valence-corrected chi connectivity index (χ4v) is 1.61. The van der Waals surface area contributed by atoms with Gasteiger partial charge in [0.15, 0.2) is 5.96 Å². The lowest BCUT2D eigenvalue weighted by molar-refractivity contribution is -0.742. The lowest BCUT2D eigenvalue weighted by Crippen LogP contribution is -2.22. The van der Waals surface area contributed by atoms with Crippen molar-refractivity contribution in [3.05, 3.63) is 58.1 Å². The van der Waals surface area contributed by atoms with E-state index in [-0.39, 0.29) is 5.96 Å². The van der Waals surface area contributed by atoms with Crippen LogP contribution >= 0.6 is 0 Å². The maximum absolute atomic E-state index is 8.36. The molecule has 2 aromatic carbocycles. The number of nitrogens with zero attached hydrogens (tertiary/aromatic N) is 2. The first kappa shape index (κ1) is 14.2. The molecule has 2 rings (SSSR count). The summed E-state index contributed by atoms with van der Waals surface area (Å²) < 4.78 is 0. The van der Waals surface area contributed by atoms with E-state index >= 15 is 0 Å². The molecule has 100 valence electrons. The average molecular weight is 262 g/mol. The van der Waals surface area contributed by atoms with Gasteiger partial charge in [0.05, 0.1) is 6.54 Å². The highest BCUT2D eigenvalue weighted by Crippen LogP contribution is 2.18. The molecule has 0 unspecified atom stereocenters. The first-order valence-electron chi connectivity index (χ1n) is 5.36. The summed E-state index contributed by atoms with van der Waals surface area (Å²) in [5, 5.41) is 16.0. The zero-order valence-electron chi connectivity index (χ0n) is 10.1. The third kappa shape index (κ3) is 4.90. The number of aliphatic imine (C=N–C) groups is 1. The maximum Gasteiger partial charge on any atom is 0.291 e. The molecule has 0 aromatic heterocycles.